The molecule has 2 aromatic rings. The van der Waals surface area contributed by atoms with Gasteiger partial charge in [0.15, 0.2) is 0 Å². The number of rotatable bonds is 6. The molecule has 3 unspecified atom stereocenters. The highest BCUT2D eigenvalue weighted by Gasteiger charge is 2.25. The van der Waals surface area contributed by atoms with Crippen molar-refractivity contribution in [2.24, 2.45) is 0 Å². The molecule has 0 saturated carbocycles. The van der Waals surface area contributed by atoms with Gasteiger partial charge in [-0.2, -0.15) is 4.98 Å². The Labute approximate surface area is 118 Å². The van der Waals surface area contributed by atoms with Gasteiger partial charge in [-0.05, 0) is 18.9 Å². The van der Waals surface area contributed by atoms with E-state index in [2.05, 4.69) is 10.1 Å². The van der Waals surface area contributed by atoms with Crippen molar-refractivity contribution in [3.63, 3.8) is 0 Å². The van der Waals surface area contributed by atoms with E-state index in [9.17, 15) is 5.11 Å². The van der Waals surface area contributed by atoms with Crippen LogP contribution in [-0.2, 0) is 4.74 Å². The Balaban J connectivity index is 2.27. The van der Waals surface area contributed by atoms with Crippen LogP contribution in [0.15, 0.2) is 34.9 Å². The third-order valence-electron chi connectivity index (χ3n) is 3.37. The summed E-state index contributed by atoms with van der Waals surface area (Å²) in [6, 6.07) is 9.73. The van der Waals surface area contributed by atoms with Crippen molar-refractivity contribution in [1.29, 1.82) is 0 Å². The van der Waals surface area contributed by atoms with E-state index in [1.807, 2.05) is 37.3 Å². The Morgan fingerprint density at radius 3 is 2.55 bits per heavy atom. The van der Waals surface area contributed by atoms with Gasteiger partial charge in [0.25, 0.3) is 0 Å². The molecule has 5 heteroatoms. The number of benzene rings is 1. The minimum atomic E-state index is -0.522. The maximum Gasteiger partial charge on any atom is 0.232 e. The minimum Gasteiger partial charge on any atom is -0.393 e. The second-order valence-corrected chi connectivity index (χ2v) is 4.77. The van der Waals surface area contributed by atoms with Crippen LogP contribution in [0.25, 0.3) is 0 Å². The molecule has 0 spiro atoms. The quantitative estimate of drug-likeness (QED) is 0.878. The van der Waals surface area contributed by atoms with Crippen LogP contribution in [-0.4, -0.2) is 28.5 Å². The van der Waals surface area contributed by atoms with Gasteiger partial charge < -0.3 is 14.4 Å². The van der Waals surface area contributed by atoms with E-state index in [4.69, 9.17) is 9.26 Å². The van der Waals surface area contributed by atoms with Crippen LogP contribution in [0.1, 0.15) is 49.6 Å². The molecule has 0 fully saturated rings. The maximum absolute atomic E-state index is 9.73. The third-order valence-corrected chi connectivity index (χ3v) is 3.37. The van der Waals surface area contributed by atoms with Gasteiger partial charge in [-0.3, -0.25) is 0 Å². The van der Waals surface area contributed by atoms with E-state index >= 15 is 0 Å². The topological polar surface area (TPSA) is 68.4 Å². The molecule has 108 valence electrons. The summed E-state index contributed by atoms with van der Waals surface area (Å²) in [5.41, 5.74) is 0.965. The highest BCUT2D eigenvalue weighted by Crippen LogP contribution is 2.26. The lowest BCUT2D eigenvalue weighted by atomic mass is 10.0. The van der Waals surface area contributed by atoms with Crippen LogP contribution >= 0.6 is 0 Å². The van der Waals surface area contributed by atoms with Gasteiger partial charge in [0.2, 0.25) is 11.7 Å². The normalized spacial score (nSPS) is 15.8. The number of aliphatic hydroxyl groups is 1. The van der Waals surface area contributed by atoms with Crippen LogP contribution in [0.4, 0.5) is 0 Å². The summed E-state index contributed by atoms with van der Waals surface area (Å²) in [6.07, 6.45) is -0.145. The number of ether oxygens (including phenoxy) is 1. The highest BCUT2D eigenvalue weighted by molar-refractivity contribution is 5.22. The van der Waals surface area contributed by atoms with E-state index in [-0.39, 0.29) is 12.0 Å². The number of hydrogen-bond donors (Lipinski definition) is 1. The molecular weight excluding hydrogens is 256 g/mol. The summed E-state index contributed by atoms with van der Waals surface area (Å²) in [6.45, 7) is 3.70. The van der Waals surface area contributed by atoms with Gasteiger partial charge in [0.1, 0.15) is 6.10 Å². The van der Waals surface area contributed by atoms with Crippen LogP contribution < -0.4 is 0 Å². The van der Waals surface area contributed by atoms with Gasteiger partial charge in [-0.25, -0.2) is 0 Å². The van der Waals surface area contributed by atoms with Gasteiger partial charge in [-0.1, -0.05) is 42.4 Å². The zero-order chi connectivity index (χ0) is 14.5. The second kappa shape index (κ2) is 6.63. The standard InChI is InChI=1S/C15H20N2O3/c1-4-12(10(2)18)15-16-14(17-20-15)13(19-3)11-8-6-5-7-9-11/h5-10,12-13,18H,4H2,1-3H3. The Kier molecular flexibility index (Phi) is 4.87. The molecule has 0 amide bonds. The lowest BCUT2D eigenvalue weighted by molar-refractivity contribution is 0.126. The Bertz CT molecular complexity index is 525. The summed E-state index contributed by atoms with van der Waals surface area (Å²) in [5.74, 6) is 0.785. The number of methoxy groups -OCH3 is 1. The molecule has 1 aromatic carbocycles. The molecule has 0 aliphatic heterocycles. The molecule has 1 heterocycles. The fourth-order valence-electron chi connectivity index (χ4n) is 2.24. The number of nitrogens with zero attached hydrogens (tertiary/aromatic N) is 2. The summed E-state index contributed by atoms with van der Waals surface area (Å²) in [4.78, 5) is 4.39. The maximum atomic E-state index is 9.73. The van der Waals surface area contributed by atoms with E-state index in [0.29, 0.717) is 11.7 Å². The molecule has 1 N–H and O–H groups in total. The van der Waals surface area contributed by atoms with Crippen LogP contribution in [0, 0.1) is 0 Å². The summed E-state index contributed by atoms with van der Waals surface area (Å²) < 4.78 is 10.7. The Morgan fingerprint density at radius 1 is 1.30 bits per heavy atom. The first-order valence-corrected chi connectivity index (χ1v) is 6.76. The van der Waals surface area contributed by atoms with Gasteiger partial charge in [0.05, 0.1) is 12.0 Å². The largest absolute Gasteiger partial charge is 0.393 e. The lowest BCUT2D eigenvalue weighted by Gasteiger charge is -2.13. The van der Waals surface area contributed by atoms with Crippen molar-refractivity contribution in [3.8, 4) is 0 Å². The van der Waals surface area contributed by atoms with Gasteiger partial charge in [-0.15, -0.1) is 0 Å². The average Bonchev–Trinajstić information content (AvgIpc) is 2.90. The molecule has 1 aromatic heterocycles. The van der Waals surface area contributed by atoms with Gasteiger partial charge >= 0.3 is 0 Å². The first-order chi connectivity index (χ1) is 9.67. The van der Waals surface area contributed by atoms with Crippen LogP contribution in [0.3, 0.4) is 0 Å². The highest BCUT2D eigenvalue weighted by atomic mass is 16.5. The van der Waals surface area contributed by atoms with Crippen LogP contribution in [0.5, 0.6) is 0 Å². The average molecular weight is 276 g/mol. The van der Waals surface area contributed by atoms with E-state index in [1.165, 1.54) is 0 Å². The minimum absolute atomic E-state index is 0.149. The zero-order valence-corrected chi connectivity index (χ0v) is 12.0. The Morgan fingerprint density at radius 2 is 2.00 bits per heavy atom. The summed E-state index contributed by atoms with van der Waals surface area (Å²) in [7, 11) is 1.61. The van der Waals surface area contributed by atoms with E-state index < -0.39 is 6.10 Å². The molecule has 2 rings (SSSR count). The van der Waals surface area contributed by atoms with Crippen molar-refractivity contribution < 1.29 is 14.4 Å². The monoisotopic (exact) mass is 276 g/mol. The molecule has 0 aliphatic rings. The first kappa shape index (κ1) is 14.7. The van der Waals surface area contributed by atoms with E-state index in [1.54, 1.807) is 14.0 Å². The van der Waals surface area contributed by atoms with E-state index in [0.717, 1.165) is 12.0 Å². The van der Waals surface area contributed by atoms with Crippen molar-refractivity contribution in [1.82, 2.24) is 10.1 Å². The Hall–Kier alpha value is -1.72. The third kappa shape index (κ3) is 3.05. The molecule has 0 saturated heterocycles. The van der Waals surface area contributed by atoms with Gasteiger partial charge in [0, 0.05) is 7.11 Å². The molecule has 3 atom stereocenters. The summed E-state index contributed by atoms with van der Waals surface area (Å²) in [5, 5.41) is 13.7. The van der Waals surface area contributed by atoms with Crippen molar-refractivity contribution in [2.75, 3.05) is 7.11 Å². The first-order valence-electron chi connectivity index (χ1n) is 6.76. The van der Waals surface area contributed by atoms with Crippen molar-refractivity contribution >= 4 is 0 Å². The number of hydrogen-bond acceptors (Lipinski definition) is 5. The fourth-order valence-corrected chi connectivity index (χ4v) is 2.24. The van der Waals surface area contributed by atoms with Crippen molar-refractivity contribution in [2.45, 2.75) is 38.4 Å². The lowest BCUT2D eigenvalue weighted by Crippen LogP contribution is -2.14. The van der Waals surface area contributed by atoms with Crippen molar-refractivity contribution in [3.05, 3.63) is 47.6 Å². The molecule has 0 radical (unpaired) electrons. The predicted molar refractivity (Wildman–Crippen MR) is 74.3 cm³/mol. The molecule has 0 aliphatic carbocycles. The predicted octanol–water partition coefficient (Wildman–Crippen LogP) is 2.68. The SMILES string of the molecule is CCC(c1nc(C(OC)c2ccccc2)no1)C(C)O. The zero-order valence-electron chi connectivity index (χ0n) is 12.0. The number of aliphatic hydroxyl groups excluding tert-OH is 1. The molecular formula is C15H20N2O3. The fraction of sp³-hybridized carbons (Fsp3) is 0.467. The molecule has 20 heavy (non-hydrogen) atoms. The second-order valence-electron chi connectivity index (χ2n) is 4.77. The smallest absolute Gasteiger partial charge is 0.232 e. The molecule has 0 bridgehead atoms. The van der Waals surface area contributed by atoms with Crippen LogP contribution in [0.2, 0.25) is 0 Å². The summed E-state index contributed by atoms with van der Waals surface area (Å²) >= 11 is 0. The number of aromatic nitrogens is 2. The molecule has 5 nitrogen and oxygen atoms in total.